The summed E-state index contributed by atoms with van der Waals surface area (Å²) in [4.78, 5) is 12.1. The van der Waals surface area contributed by atoms with E-state index in [1.807, 2.05) is 13.0 Å². The van der Waals surface area contributed by atoms with E-state index in [0.29, 0.717) is 11.7 Å². The largest absolute Gasteiger partial charge is 0.295 e. The minimum atomic E-state index is 0.173. The summed E-state index contributed by atoms with van der Waals surface area (Å²) in [7, 11) is 0. The van der Waals surface area contributed by atoms with E-state index in [2.05, 4.69) is 20.8 Å². The van der Waals surface area contributed by atoms with E-state index in [9.17, 15) is 4.79 Å². The number of ketones is 1. The van der Waals surface area contributed by atoms with Crippen LogP contribution in [0.5, 0.6) is 0 Å². The second kappa shape index (κ2) is 4.96. The highest BCUT2D eigenvalue weighted by Crippen LogP contribution is 2.42. The van der Waals surface area contributed by atoms with Crippen molar-refractivity contribution in [2.45, 2.75) is 53.4 Å². The Balaban J connectivity index is 2.91. The van der Waals surface area contributed by atoms with Crippen molar-refractivity contribution in [3.05, 3.63) is 12.2 Å². The monoisotopic (exact) mass is 208 g/mol. The summed E-state index contributed by atoms with van der Waals surface area (Å²) < 4.78 is 0. The Labute approximate surface area is 93.9 Å². The fraction of sp³-hybridized carbons (Fsp3) is 0.786. The minimum absolute atomic E-state index is 0.173. The van der Waals surface area contributed by atoms with E-state index in [1.165, 1.54) is 25.7 Å². The van der Waals surface area contributed by atoms with Gasteiger partial charge in [-0.25, -0.2) is 0 Å². The topological polar surface area (TPSA) is 17.1 Å². The van der Waals surface area contributed by atoms with Crippen molar-refractivity contribution < 1.29 is 4.79 Å². The van der Waals surface area contributed by atoms with Crippen LogP contribution >= 0.6 is 0 Å². The highest BCUT2D eigenvalue weighted by molar-refractivity contribution is 5.92. The Hall–Kier alpha value is -0.590. The Morgan fingerprint density at radius 1 is 1.33 bits per heavy atom. The molecule has 1 rings (SSSR count). The van der Waals surface area contributed by atoms with Crippen LogP contribution in [0.3, 0.4) is 0 Å². The van der Waals surface area contributed by atoms with E-state index in [-0.39, 0.29) is 11.3 Å². The van der Waals surface area contributed by atoms with Crippen LogP contribution in [-0.2, 0) is 4.79 Å². The van der Waals surface area contributed by atoms with Crippen molar-refractivity contribution in [2.24, 2.45) is 17.3 Å². The lowest BCUT2D eigenvalue weighted by molar-refractivity contribution is -0.123. The molecule has 0 amide bonds. The molecule has 2 unspecified atom stereocenters. The van der Waals surface area contributed by atoms with Crippen LogP contribution in [0.1, 0.15) is 53.4 Å². The first-order valence-corrected chi connectivity index (χ1v) is 6.15. The second-order valence-corrected chi connectivity index (χ2v) is 5.59. The summed E-state index contributed by atoms with van der Waals surface area (Å²) in [5, 5.41) is 0. The van der Waals surface area contributed by atoms with Crippen LogP contribution in [0.15, 0.2) is 12.2 Å². The summed E-state index contributed by atoms with van der Waals surface area (Å²) in [6.45, 7) is 8.66. The van der Waals surface area contributed by atoms with Gasteiger partial charge in [0.1, 0.15) is 0 Å². The van der Waals surface area contributed by atoms with Gasteiger partial charge in [-0.3, -0.25) is 4.79 Å². The second-order valence-electron chi connectivity index (χ2n) is 5.59. The molecule has 0 aliphatic heterocycles. The predicted octanol–water partition coefficient (Wildman–Crippen LogP) is 3.98. The van der Waals surface area contributed by atoms with Crippen molar-refractivity contribution in [1.29, 1.82) is 0 Å². The van der Waals surface area contributed by atoms with Crippen LogP contribution < -0.4 is 0 Å². The van der Waals surface area contributed by atoms with Gasteiger partial charge in [-0.15, -0.1) is 0 Å². The molecule has 1 heteroatoms. The highest BCUT2D eigenvalue weighted by Gasteiger charge is 2.38. The van der Waals surface area contributed by atoms with Gasteiger partial charge in [-0.05, 0) is 37.2 Å². The van der Waals surface area contributed by atoms with Gasteiger partial charge in [0.2, 0.25) is 0 Å². The molecule has 1 aliphatic rings. The maximum atomic E-state index is 12.1. The van der Waals surface area contributed by atoms with Crippen molar-refractivity contribution >= 4 is 5.78 Å². The Morgan fingerprint density at radius 2 is 2.00 bits per heavy atom. The Morgan fingerprint density at radius 3 is 2.60 bits per heavy atom. The lowest BCUT2D eigenvalue weighted by Crippen LogP contribution is -2.33. The number of carbonyl (C=O) groups is 1. The predicted molar refractivity (Wildman–Crippen MR) is 64.7 cm³/mol. The third kappa shape index (κ3) is 2.93. The molecular formula is C14H24O. The Bertz CT molecular complexity index is 250. The molecule has 0 radical (unpaired) electrons. The molecule has 1 nitrogen and oxygen atoms in total. The van der Waals surface area contributed by atoms with Gasteiger partial charge in [0, 0.05) is 5.92 Å². The zero-order chi connectivity index (χ0) is 11.5. The van der Waals surface area contributed by atoms with Gasteiger partial charge in [-0.2, -0.15) is 0 Å². The average molecular weight is 208 g/mol. The molecule has 0 spiro atoms. The molecule has 1 fully saturated rings. The van der Waals surface area contributed by atoms with Gasteiger partial charge in [-0.1, -0.05) is 39.7 Å². The van der Waals surface area contributed by atoms with E-state index >= 15 is 0 Å². The minimum Gasteiger partial charge on any atom is -0.295 e. The Kier molecular flexibility index (Phi) is 4.12. The van der Waals surface area contributed by atoms with Crippen LogP contribution in [0.2, 0.25) is 0 Å². The van der Waals surface area contributed by atoms with Gasteiger partial charge in [0.15, 0.2) is 5.78 Å². The number of hydrogen-bond donors (Lipinski definition) is 0. The molecule has 0 heterocycles. The van der Waals surface area contributed by atoms with Crippen molar-refractivity contribution in [1.82, 2.24) is 0 Å². The van der Waals surface area contributed by atoms with E-state index in [1.54, 1.807) is 6.08 Å². The van der Waals surface area contributed by atoms with Gasteiger partial charge >= 0.3 is 0 Å². The quantitative estimate of drug-likeness (QED) is 0.495. The first kappa shape index (κ1) is 12.5. The summed E-state index contributed by atoms with van der Waals surface area (Å²) >= 11 is 0. The third-order valence-electron chi connectivity index (χ3n) is 3.78. The molecule has 1 saturated carbocycles. The summed E-state index contributed by atoms with van der Waals surface area (Å²) in [5.41, 5.74) is 0.173. The normalized spacial score (nSPS) is 31.5. The highest BCUT2D eigenvalue weighted by atomic mass is 16.1. The van der Waals surface area contributed by atoms with Gasteiger partial charge in [0.25, 0.3) is 0 Å². The summed E-state index contributed by atoms with van der Waals surface area (Å²) in [6.07, 6.45) is 8.58. The summed E-state index contributed by atoms with van der Waals surface area (Å²) in [6, 6.07) is 0. The molecular weight excluding hydrogens is 184 g/mol. The van der Waals surface area contributed by atoms with Crippen LogP contribution in [0, 0.1) is 17.3 Å². The van der Waals surface area contributed by atoms with Gasteiger partial charge in [0.05, 0.1) is 0 Å². The van der Waals surface area contributed by atoms with Crippen LogP contribution in [-0.4, -0.2) is 5.78 Å². The number of carbonyl (C=O) groups excluding carboxylic acids is 1. The van der Waals surface area contributed by atoms with Crippen molar-refractivity contribution in [2.75, 3.05) is 0 Å². The molecule has 0 aromatic carbocycles. The standard InChI is InChI=1S/C14H24O/c1-5-8-12(15)13-11(2)9-6-7-10-14(13,3)4/h5,8,11,13H,6-7,9-10H2,1-4H3/b8-5+. The van der Waals surface area contributed by atoms with Crippen molar-refractivity contribution in [3.8, 4) is 0 Å². The SMILES string of the molecule is C/C=C/C(=O)C1C(C)CCCCC1(C)C. The van der Waals surface area contributed by atoms with E-state index in [0.717, 1.165) is 0 Å². The number of rotatable bonds is 2. The van der Waals surface area contributed by atoms with Crippen molar-refractivity contribution in [3.63, 3.8) is 0 Å². The fourth-order valence-electron chi connectivity index (χ4n) is 3.07. The maximum Gasteiger partial charge on any atom is 0.159 e. The molecule has 1 aliphatic carbocycles. The zero-order valence-electron chi connectivity index (χ0n) is 10.5. The van der Waals surface area contributed by atoms with Gasteiger partial charge < -0.3 is 0 Å². The smallest absolute Gasteiger partial charge is 0.159 e. The zero-order valence-corrected chi connectivity index (χ0v) is 10.5. The van der Waals surface area contributed by atoms with Crippen LogP contribution in [0.25, 0.3) is 0 Å². The van der Waals surface area contributed by atoms with Crippen LogP contribution in [0.4, 0.5) is 0 Å². The van der Waals surface area contributed by atoms with E-state index in [4.69, 9.17) is 0 Å². The van der Waals surface area contributed by atoms with E-state index < -0.39 is 0 Å². The molecule has 15 heavy (non-hydrogen) atoms. The number of hydrogen-bond acceptors (Lipinski definition) is 1. The molecule has 0 saturated heterocycles. The maximum absolute atomic E-state index is 12.1. The molecule has 0 aromatic heterocycles. The fourth-order valence-corrected chi connectivity index (χ4v) is 3.07. The average Bonchev–Trinajstić information content (AvgIpc) is 2.24. The lowest BCUT2D eigenvalue weighted by Gasteiger charge is -2.34. The molecule has 2 atom stereocenters. The molecule has 0 N–H and O–H groups in total. The lowest BCUT2D eigenvalue weighted by atomic mass is 9.69. The first-order valence-electron chi connectivity index (χ1n) is 6.15. The third-order valence-corrected chi connectivity index (χ3v) is 3.78. The molecule has 0 bridgehead atoms. The summed E-state index contributed by atoms with van der Waals surface area (Å²) in [5.74, 6) is 1.08. The first-order chi connectivity index (χ1) is 6.99. The number of allylic oxidation sites excluding steroid dienone is 2. The molecule has 0 aromatic rings. The molecule has 86 valence electrons.